The highest BCUT2D eigenvalue weighted by Crippen LogP contribution is 2.51. The van der Waals surface area contributed by atoms with Crippen molar-refractivity contribution in [1.82, 2.24) is 20.4 Å². The summed E-state index contributed by atoms with van der Waals surface area (Å²) in [7, 11) is 3.60. The number of nitrogens with one attached hydrogen (secondary N) is 2. The molecule has 24 heavy (non-hydrogen) atoms. The molecule has 7 heteroatoms. The Labute approximate surface area is 143 Å². The molecule has 1 aromatic heterocycles. The first-order chi connectivity index (χ1) is 11.4. The van der Waals surface area contributed by atoms with Crippen LogP contribution in [0.25, 0.3) is 0 Å². The van der Waals surface area contributed by atoms with Crippen LogP contribution in [-0.4, -0.2) is 53.2 Å². The maximum Gasteiger partial charge on any atom is 0.191 e. The van der Waals surface area contributed by atoms with Crippen LogP contribution in [0.5, 0.6) is 0 Å². The Morgan fingerprint density at radius 3 is 3.04 bits per heavy atom. The number of guanidine groups is 1. The minimum Gasteiger partial charge on any atom is -0.386 e. The minimum absolute atomic E-state index is 0.0880. The molecule has 0 radical (unpaired) electrons. The molecule has 1 aliphatic heterocycles. The average molecular weight is 335 g/mol. The van der Waals surface area contributed by atoms with Crippen LogP contribution in [-0.2, 0) is 11.8 Å². The van der Waals surface area contributed by atoms with Crippen LogP contribution < -0.4 is 10.6 Å². The first-order valence-electron chi connectivity index (χ1n) is 8.69. The first-order valence-corrected chi connectivity index (χ1v) is 8.69. The number of aliphatic hydroxyl groups is 1. The van der Waals surface area contributed by atoms with E-state index in [1.807, 2.05) is 13.2 Å². The molecule has 3 rings (SSSR count). The van der Waals surface area contributed by atoms with Crippen molar-refractivity contribution in [3.63, 3.8) is 0 Å². The molecule has 0 spiro atoms. The summed E-state index contributed by atoms with van der Waals surface area (Å²) in [5.41, 5.74) is 0.884. The standard InChI is InChI=1S/C17H29N5O2/c1-17(2)14(12-6-5-7-24-15(12)17)21-16(18-3)19-9-13(23)11-8-20-22(4)10-11/h8,10,12-15,23H,5-7,9H2,1-4H3,(H2,18,19,21). The predicted octanol–water partition coefficient (Wildman–Crippen LogP) is 0.822. The number of aryl methyl sites for hydroxylation is 1. The predicted molar refractivity (Wildman–Crippen MR) is 92.7 cm³/mol. The van der Waals surface area contributed by atoms with Gasteiger partial charge in [-0.25, -0.2) is 0 Å². The maximum absolute atomic E-state index is 10.3. The van der Waals surface area contributed by atoms with Crippen molar-refractivity contribution in [3.8, 4) is 0 Å². The van der Waals surface area contributed by atoms with Crippen LogP contribution in [0, 0.1) is 11.3 Å². The van der Waals surface area contributed by atoms with Crippen LogP contribution >= 0.6 is 0 Å². The largest absolute Gasteiger partial charge is 0.386 e. The zero-order chi connectivity index (χ0) is 17.3. The molecular formula is C17H29N5O2. The van der Waals surface area contributed by atoms with Gasteiger partial charge in [-0.2, -0.15) is 5.10 Å². The summed E-state index contributed by atoms with van der Waals surface area (Å²) in [5, 5.41) is 21.1. The third-order valence-corrected chi connectivity index (χ3v) is 5.42. The molecule has 1 aliphatic carbocycles. The van der Waals surface area contributed by atoms with Gasteiger partial charge in [0.1, 0.15) is 0 Å². The number of aliphatic imine (C=N–C) groups is 1. The Balaban J connectivity index is 1.55. The molecule has 1 saturated carbocycles. The number of hydrogen-bond acceptors (Lipinski definition) is 4. The SMILES string of the molecule is CN=C(NCC(O)c1cnn(C)c1)NC1C2CCCOC2C1(C)C. The highest BCUT2D eigenvalue weighted by atomic mass is 16.5. The highest BCUT2D eigenvalue weighted by molar-refractivity contribution is 5.80. The number of hydrogen-bond donors (Lipinski definition) is 3. The van der Waals surface area contributed by atoms with Gasteiger partial charge >= 0.3 is 0 Å². The summed E-state index contributed by atoms with van der Waals surface area (Å²) in [6.07, 6.45) is 5.55. The first kappa shape index (κ1) is 17.2. The van der Waals surface area contributed by atoms with Crippen LogP contribution in [0.1, 0.15) is 38.4 Å². The van der Waals surface area contributed by atoms with E-state index < -0.39 is 6.10 Å². The zero-order valence-corrected chi connectivity index (χ0v) is 15.0. The number of nitrogens with zero attached hydrogens (tertiary/aromatic N) is 3. The van der Waals surface area contributed by atoms with Crippen LogP contribution in [0.4, 0.5) is 0 Å². The van der Waals surface area contributed by atoms with E-state index in [2.05, 4.69) is 34.6 Å². The lowest BCUT2D eigenvalue weighted by molar-refractivity contribution is -0.188. The molecule has 134 valence electrons. The second kappa shape index (κ2) is 6.72. The molecule has 2 fully saturated rings. The fourth-order valence-corrected chi connectivity index (χ4v) is 4.08. The summed E-state index contributed by atoms with van der Waals surface area (Å²) in [6, 6.07) is 0.338. The van der Waals surface area contributed by atoms with E-state index in [-0.39, 0.29) is 5.41 Å². The third kappa shape index (κ3) is 3.15. The van der Waals surface area contributed by atoms with Crippen molar-refractivity contribution >= 4 is 5.96 Å². The molecule has 0 aromatic carbocycles. The lowest BCUT2D eigenvalue weighted by atomic mass is 9.55. The normalized spacial score (nSPS) is 30.2. The topological polar surface area (TPSA) is 83.7 Å². The van der Waals surface area contributed by atoms with Crippen LogP contribution in [0.2, 0.25) is 0 Å². The molecular weight excluding hydrogens is 306 g/mol. The van der Waals surface area contributed by atoms with Crippen molar-refractivity contribution in [2.45, 2.75) is 44.9 Å². The van der Waals surface area contributed by atoms with E-state index in [0.717, 1.165) is 24.6 Å². The summed E-state index contributed by atoms with van der Waals surface area (Å²) < 4.78 is 7.63. The van der Waals surface area contributed by atoms with Gasteiger partial charge in [0.2, 0.25) is 0 Å². The Morgan fingerprint density at radius 2 is 2.38 bits per heavy atom. The van der Waals surface area contributed by atoms with Crippen molar-refractivity contribution in [2.24, 2.45) is 23.4 Å². The van der Waals surface area contributed by atoms with Gasteiger partial charge in [0.15, 0.2) is 5.96 Å². The lowest BCUT2D eigenvalue weighted by Crippen LogP contribution is -2.71. The highest BCUT2D eigenvalue weighted by Gasteiger charge is 2.58. The zero-order valence-electron chi connectivity index (χ0n) is 15.0. The molecule has 3 N–H and O–H groups in total. The van der Waals surface area contributed by atoms with Crippen molar-refractivity contribution in [1.29, 1.82) is 0 Å². The monoisotopic (exact) mass is 335 g/mol. The number of aliphatic hydroxyl groups excluding tert-OH is 1. The Bertz CT molecular complexity index is 598. The van der Waals surface area contributed by atoms with E-state index in [1.54, 1.807) is 17.9 Å². The summed E-state index contributed by atoms with van der Waals surface area (Å²) in [5.74, 6) is 1.26. The van der Waals surface area contributed by atoms with E-state index in [4.69, 9.17) is 4.74 Å². The number of ether oxygens (including phenoxy) is 1. The molecule has 4 unspecified atom stereocenters. The molecule has 7 nitrogen and oxygen atoms in total. The van der Waals surface area contributed by atoms with Gasteiger partial charge in [0.05, 0.1) is 18.4 Å². The lowest BCUT2D eigenvalue weighted by Gasteiger charge is -2.60. The van der Waals surface area contributed by atoms with E-state index >= 15 is 0 Å². The average Bonchev–Trinajstić information content (AvgIpc) is 3.01. The Kier molecular flexibility index (Phi) is 4.83. The van der Waals surface area contributed by atoms with Gasteiger partial charge in [-0.3, -0.25) is 9.67 Å². The molecule has 2 heterocycles. The Hall–Kier alpha value is -1.60. The maximum atomic E-state index is 10.3. The van der Waals surface area contributed by atoms with Crippen LogP contribution in [0.15, 0.2) is 17.4 Å². The van der Waals surface area contributed by atoms with Crippen molar-refractivity contribution in [2.75, 3.05) is 20.2 Å². The Morgan fingerprint density at radius 1 is 1.58 bits per heavy atom. The third-order valence-electron chi connectivity index (χ3n) is 5.42. The molecule has 2 aliphatic rings. The molecule has 4 atom stereocenters. The summed E-state index contributed by atoms with van der Waals surface area (Å²) in [4.78, 5) is 4.31. The quantitative estimate of drug-likeness (QED) is 0.560. The van der Waals surface area contributed by atoms with Gasteiger partial charge in [0.25, 0.3) is 0 Å². The van der Waals surface area contributed by atoms with Crippen LogP contribution in [0.3, 0.4) is 0 Å². The fraction of sp³-hybridized carbons (Fsp3) is 0.765. The minimum atomic E-state index is -0.614. The van der Waals surface area contributed by atoms with E-state index in [0.29, 0.717) is 24.6 Å². The number of rotatable bonds is 4. The van der Waals surface area contributed by atoms with Gasteiger partial charge in [-0.05, 0) is 12.8 Å². The van der Waals surface area contributed by atoms with Gasteiger partial charge in [0, 0.05) is 56.4 Å². The number of aromatic nitrogens is 2. The molecule has 0 bridgehead atoms. The van der Waals surface area contributed by atoms with Gasteiger partial charge in [-0.1, -0.05) is 13.8 Å². The summed E-state index contributed by atoms with van der Waals surface area (Å²) in [6.45, 7) is 5.76. The second-order valence-corrected chi connectivity index (χ2v) is 7.46. The molecule has 1 aromatic rings. The van der Waals surface area contributed by atoms with E-state index in [1.165, 1.54) is 6.42 Å². The van der Waals surface area contributed by atoms with Gasteiger partial charge < -0.3 is 20.5 Å². The second-order valence-electron chi connectivity index (χ2n) is 7.46. The molecule has 1 saturated heterocycles. The van der Waals surface area contributed by atoms with Crippen molar-refractivity contribution in [3.05, 3.63) is 18.0 Å². The van der Waals surface area contributed by atoms with Crippen molar-refractivity contribution < 1.29 is 9.84 Å². The summed E-state index contributed by atoms with van der Waals surface area (Å²) >= 11 is 0. The molecule has 0 amide bonds. The number of fused-ring (bicyclic) bond motifs is 1. The fourth-order valence-electron chi connectivity index (χ4n) is 4.08. The van der Waals surface area contributed by atoms with E-state index in [9.17, 15) is 5.11 Å². The smallest absolute Gasteiger partial charge is 0.191 e. The van der Waals surface area contributed by atoms with Gasteiger partial charge in [-0.15, -0.1) is 0 Å².